The van der Waals surface area contributed by atoms with E-state index in [4.69, 9.17) is 17.3 Å². The SMILES string of the molecule is Nc1cc(CS(=O)(=O)C2CCCCC2)ccc1Cl. The molecule has 1 aromatic carbocycles. The van der Waals surface area contributed by atoms with Gasteiger partial charge in [-0.1, -0.05) is 36.9 Å². The summed E-state index contributed by atoms with van der Waals surface area (Å²) in [7, 11) is -3.06. The van der Waals surface area contributed by atoms with Gasteiger partial charge in [-0.15, -0.1) is 0 Å². The summed E-state index contributed by atoms with van der Waals surface area (Å²) in [5.41, 5.74) is 6.85. The highest BCUT2D eigenvalue weighted by Gasteiger charge is 2.27. The summed E-state index contributed by atoms with van der Waals surface area (Å²) in [5, 5.41) is 0.289. The third-order valence-electron chi connectivity index (χ3n) is 3.49. The van der Waals surface area contributed by atoms with Gasteiger partial charge in [-0.25, -0.2) is 8.42 Å². The minimum absolute atomic E-state index is 0.0685. The van der Waals surface area contributed by atoms with E-state index in [1.54, 1.807) is 18.2 Å². The molecule has 1 saturated carbocycles. The molecule has 0 aliphatic heterocycles. The summed E-state index contributed by atoms with van der Waals surface area (Å²) in [6.07, 6.45) is 4.79. The zero-order valence-electron chi connectivity index (χ0n) is 10.2. The second-order valence-corrected chi connectivity index (χ2v) is 7.61. The average molecular weight is 288 g/mol. The van der Waals surface area contributed by atoms with Crippen molar-refractivity contribution in [2.75, 3.05) is 5.73 Å². The summed E-state index contributed by atoms with van der Waals surface area (Å²) in [4.78, 5) is 0. The highest BCUT2D eigenvalue weighted by Crippen LogP contribution is 2.27. The molecular formula is C13H18ClNO2S. The van der Waals surface area contributed by atoms with Gasteiger partial charge in [0.2, 0.25) is 0 Å². The highest BCUT2D eigenvalue weighted by molar-refractivity contribution is 7.91. The molecule has 1 fully saturated rings. The van der Waals surface area contributed by atoms with Crippen molar-refractivity contribution in [3.8, 4) is 0 Å². The van der Waals surface area contributed by atoms with E-state index >= 15 is 0 Å². The lowest BCUT2D eigenvalue weighted by molar-refractivity contribution is 0.483. The largest absolute Gasteiger partial charge is 0.398 e. The van der Waals surface area contributed by atoms with Crippen LogP contribution in [0.5, 0.6) is 0 Å². The molecule has 0 saturated heterocycles. The quantitative estimate of drug-likeness (QED) is 0.869. The molecule has 0 radical (unpaired) electrons. The molecule has 3 nitrogen and oxygen atoms in total. The number of benzene rings is 1. The third kappa shape index (κ3) is 3.18. The molecule has 0 spiro atoms. The topological polar surface area (TPSA) is 60.2 Å². The van der Waals surface area contributed by atoms with E-state index in [9.17, 15) is 8.42 Å². The maximum atomic E-state index is 12.3. The van der Waals surface area contributed by atoms with Crippen molar-refractivity contribution in [2.24, 2.45) is 0 Å². The number of rotatable bonds is 3. The Balaban J connectivity index is 2.13. The van der Waals surface area contributed by atoms with Crippen LogP contribution in [0.2, 0.25) is 5.02 Å². The Bertz CT molecular complexity index is 522. The van der Waals surface area contributed by atoms with Gasteiger partial charge in [0.15, 0.2) is 9.84 Å². The van der Waals surface area contributed by atoms with E-state index in [2.05, 4.69) is 0 Å². The van der Waals surface area contributed by atoms with E-state index in [1.165, 1.54) is 0 Å². The van der Waals surface area contributed by atoms with Crippen LogP contribution in [0.25, 0.3) is 0 Å². The van der Waals surface area contributed by atoms with Crippen LogP contribution in [0.3, 0.4) is 0 Å². The molecule has 1 aliphatic rings. The predicted molar refractivity (Wildman–Crippen MR) is 75.4 cm³/mol. The minimum atomic E-state index is -3.06. The van der Waals surface area contributed by atoms with E-state index in [0.717, 1.165) is 37.7 Å². The van der Waals surface area contributed by atoms with Crippen molar-refractivity contribution < 1.29 is 8.42 Å². The van der Waals surface area contributed by atoms with E-state index in [-0.39, 0.29) is 11.0 Å². The molecule has 1 aliphatic carbocycles. The second kappa shape index (κ2) is 5.49. The van der Waals surface area contributed by atoms with Crippen LogP contribution in [0, 0.1) is 0 Å². The predicted octanol–water partition coefficient (Wildman–Crippen LogP) is 3.17. The number of hydrogen-bond acceptors (Lipinski definition) is 3. The first kappa shape index (κ1) is 13.7. The molecule has 100 valence electrons. The average Bonchev–Trinajstić information content (AvgIpc) is 2.35. The standard InChI is InChI=1S/C13H18ClNO2S/c14-12-7-6-10(8-13(12)15)9-18(16,17)11-4-2-1-3-5-11/h6-8,11H,1-5,9,15H2. The lowest BCUT2D eigenvalue weighted by atomic mass is 10.0. The number of nitrogens with two attached hydrogens (primary N) is 1. The number of sulfone groups is 1. The van der Waals surface area contributed by atoms with Gasteiger partial charge in [0.1, 0.15) is 0 Å². The molecule has 0 unspecified atom stereocenters. The molecule has 2 rings (SSSR count). The lowest BCUT2D eigenvalue weighted by Gasteiger charge is -2.21. The Morgan fingerprint density at radius 2 is 1.89 bits per heavy atom. The molecule has 0 bridgehead atoms. The van der Waals surface area contributed by atoms with E-state index < -0.39 is 9.84 Å². The zero-order chi connectivity index (χ0) is 13.2. The molecule has 5 heteroatoms. The molecule has 0 aromatic heterocycles. The molecule has 2 N–H and O–H groups in total. The van der Waals surface area contributed by atoms with Crippen molar-refractivity contribution in [3.63, 3.8) is 0 Å². The summed E-state index contributed by atoms with van der Waals surface area (Å²) in [5.74, 6) is 0.0685. The molecule has 0 heterocycles. The van der Waals surface area contributed by atoms with Crippen molar-refractivity contribution >= 4 is 27.1 Å². The number of anilines is 1. The number of nitrogen functional groups attached to an aromatic ring is 1. The van der Waals surface area contributed by atoms with E-state index in [1.807, 2.05) is 0 Å². The van der Waals surface area contributed by atoms with Gasteiger partial charge in [0.05, 0.1) is 21.7 Å². The maximum absolute atomic E-state index is 12.3. The Labute approximate surface area is 113 Å². The van der Waals surface area contributed by atoms with Crippen LogP contribution in [0.1, 0.15) is 37.7 Å². The second-order valence-electron chi connectivity index (χ2n) is 4.92. The van der Waals surface area contributed by atoms with Crippen molar-refractivity contribution in [1.29, 1.82) is 0 Å². The van der Waals surface area contributed by atoms with Crippen molar-refractivity contribution in [2.45, 2.75) is 43.1 Å². The summed E-state index contributed by atoms with van der Waals surface area (Å²) in [6.45, 7) is 0. The van der Waals surface area contributed by atoms with Crippen LogP contribution in [-0.2, 0) is 15.6 Å². The van der Waals surface area contributed by atoms with Gasteiger partial charge in [-0.3, -0.25) is 0 Å². The fourth-order valence-electron chi connectivity index (χ4n) is 2.46. The van der Waals surface area contributed by atoms with Crippen LogP contribution in [-0.4, -0.2) is 13.7 Å². The van der Waals surface area contributed by atoms with Crippen LogP contribution >= 0.6 is 11.6 Å². The summed E-state index contributed by atoms with van der Waals surface area (Å²) in [6, 6.07) is 5.05. The molecular weight excluding hydrogens is 270 g/mol. The Morgan fingerprint density at radius 3 is 2.50 bits per heavy atom. The number of halogens is 1. The first-order valence-electron chi connectivity index (χ1n) is 6.24. The fourth-order valence-corrected chi connectivity index (χ4v) is 4.51. The first-order valence-corrected chi connectivity index (χ1v) is 8.34. The van der Waals surface area contributed by atoms with Crippen LogP contribution < -0.4 is 5.73 Å². The fraction of sp³-hybridized carbons (Fsp3) is 0.538. The maximum Gasteiger partial charge on any atom is 0.157 e. The first-order chi connectivity index (χ1) is 8.49. The van der Waals surface area contributed by atoms with Gasteiger partial charge in [-0.2, -0.15) is 0 Å². The third-order valence-corrected chi connectivity index (χ3v) is 6.06. The van der Waals surface area contributed by atoms with Crippen LogP contribution in [0.4, 0.5) is 5.69 Å². The molecule has 0 amide bonds. The Morgan fingerprint density at radius 1 is 1.22 bits per heavy atom. The van der Waals surface area contributed by atoms with Gasteiger partial charge in [0.25, 0.3) is 0 Å². The Kier molecular flexibility index (Phi) is 4.17. The highest BCUT2D eigenvalue weighted by atomic mass is 35.5. The minimum Gasteiger partial charge on any atom is -0.398 e. The van der Waals surface area contributed by atoms with Gasteiger partial charge >= 0.3 is 0 Å². The summed E-state index contributed by atoms with van der Waals surface area (Å²) < 4.78 is 24.6. The van der Waals surface area contributed by atoms with Gasteiger partial charge in [-0.05, 0) is 30.5 Å². The van der Waals surface area contributed by atoms with Gasteiger partial charge < -0.3 is 5.73 Å². The van der Waals surface area contributed by atoms with Crippen molar-refractivity contribution in [3.05, 3.63) is 28.8 Å². The smallest absolute Gasteiger partial charge is 0.157 e. The Hall–Kier alpha value is -0.740. The lowest BCUT2D eigenvalue weighted by Crippen LogP contribution is -2.25. The monoisotopic (exact) mass is 287 g/mol. The normalized spacial score (nSPS) is 17.8. The van der Waals surface area contributed by atoms with E-state index in [0.29, 0.717) is 10.7 Å². The molecule has 18 heavy (non-hydrogen) atoms. The molecule has 0 atom stereocenters. The number of hydrogen-bond donors (Lipinski definition) is 1. The van der Waals surface area contributed by atoms with Crippen LogP contribution in [0.15, 0.2) is 18.2 Å². The summed E-state index contributed by atoms with van der Waals surface area (Å²) >= 11 is 5.83. The van der Waals surface area contributed by atoms with Crippen molar-refractivity contribution in [1.82, 2.24) is 0 Å². The zero-order valence-corrected chi connectivity index (χ0v) is 11.8. The molecule has 1 aromatic rings. The van der Waals surface area contributed by atoms with Gasteiger partial charge in [0, 0.05) is 0 Å².